The molecule has 0 bridgehead atoms. The average molecular weight is 220 g/mol. The molecule has 2 saturated heterocycles. The van der Waals surface area contributed by atoms with E-state index in [1.807, 2.05) is 0 Å². The van der Waals surface area contributed by atoms with E-state index in [0.717, 1.165) is 6.54 Å². The largest absolute Gasteiger partial charge is 0.327 e. The highest BCUT2D eigenvalue weighted by atomic mass is 35.5. The van der Waals surface area contributed by atoms with Crippen LogP contribution in [0.2, 0.25) is 0 Å². The molecule has 4 heteroatoms. The summed E-state index contributed by atoms with van der Waals surface area (Å²) in [6.07, 6.45) is 2.73. The Kier molecular flexibility index (Phi) is 4.19. The summed E-state index contributed by atoms with van der Waals surface area (Å²) in [6.45, 7) is 8.12. The van der Waals surface area contributed by atoms with Gasteiger partial charge in [-0.2, -0.15) is 0 Å². The Bertz CT molecular complexity index is 178. The molecule has 2 unspecified atom stereocenters. The molecular weight excluding hydrogens is 198 g/mol. The molecule has 1 spiro atoms. The molecule has 0 amide bonds. The van der Waals surface area contributed by atoms with Crippen molar-refractivity contribution in [3.63, 3.8) is 0 Å². The predicted octanol–water partition coefficient (Wildman–Crippen LogP) is 0.441. The lowest BCUT2D eigenvalue weighted by atomic mass is 9.87. The third-order valence-corrected chi connectivity index (χ3v) is 3.40. The van der Waals surface area contributed by atoms with Gasteiger partial charge in [-0.25, -0.2) is 0 Å². The van der Waals surface area contributed by atoms with Gasteiger partial charge < -0.3 is 16.0 Å². The van der Waals surface area contributed by atoms with Gasteiger partial charge in [-0.05, 0) is 38.3 Å². The molecule has 2 fully saturated rings. The maximum atomic E-state index is 5.80. The summed E-state index contributed by atoms with van der Waals surface area (Å²) in [7, 11) is 0. The number of hydrogen-bond donors (Lipinski definition) is 2. The number of likely N-dealkylation sites (tertiary alicyclic amines) is 1. The molecule has 0 radical (unpaired) electrons. The van der Waals surface area contributed by atoms with Gasteiger partial charge in [0.15, 0.2) is 0 Å². The molecule has 0 aromatic carbocycles. The van der Waals surface area contributed by atoms with Gasteiger partial charge in [-0.3, -0.25) is 0 Å². The predicted molar refractivity (Wildman–Crippen MR) is 61.9 cm³/mol. The van der Waals surface area contributed by atoms with Crippen LogP contribution in [0.1, 0.15) is 19.8 Å². The van der Waals surface area contributed by atoms with Gasteiger partial charge in [0.05, 0.1) is 0 Å². The normalized spacial score (nSPS) is 34.7. The van der Waals surface area contributed by atoms with Crippen LogP contribution >= 0.6 is 12.4 Å². The van der Waals surface area contributed by atoms with E-state index in [9.17, 15) is 0 Å². The molecule has 0 aliphatic carbocycles. The molecule has 0 aromatic heterocycles. The molecule has 2 atom stereocenters. The van der Waals surface area contributed by atoms with Crippen LogP contribution in [0.3, 0.4) is 0 Å². The van der Waals surface area contributed by atoms with Crippen LogP contribution in [0, 0.1) is 5.41 Å². The van der Waals surface area contributed by atoms with Crippen molar-refractivity contribution < 1.29 is 0 Å². The van der Waals surface area contributed by atoms with Crippen molar-refractivity contribution in [2.75, 3.05) is 32.7 Å². The van der Waals surface area contributed by atoms with Crippen LogP contribution in [0.4, 0.5) is 0 Å². The maximum Gasteiger partial charge on any atom is 0.0139 e. The van der Waals surface area contributed by atoms with E-state index in [1.165, 1.54) is 39.0 Å². The minimum Gasteiger partial charge on any atom is -0.327 e. The highest BCUT2D eigenvalue weighted by Gasteiger charge is 2.39. The zero-order chi connectivity index (χ0) is 9.31. The summed E-state index contributed by atoms with van der Waals surface area (Å²) >= 11 is 0. The average Bonchev–Trinajstić information content (AvgIpc) is 2.63. The Labute approximate surface area is 92.8 Å². The number of nitrogens with zero attached hydrogens (tertiary/aromatic N) is 1. The van der Waals surface area contributed by atoms with Crippen LogP contribution in [0.25, 0.3) is 0 Å². The van der Waals surface area contributed by atoms with Crippen molar-refractivity contribution >= 4 is 12.4 Å². The first-order chi connectivity index (χ1) is 6.20. The van der Waals surface area contributed by atoms with E-state index in [4.69, 9.17) is 5.73 Å². The first-order valence-corrected chi connectivity index (χ1v) is 5.39. The third-order valence-electron chi connectivity index (χ3n) is 3.40. The minimum absolute atomic E-state index is 0. The smallest absolute Gasteiger partial charge is 0.0139 e. The first-order valence-electron chi connectivity index (χ1n) is 5.39. The van der Waals surface area contributed by atoms with Gasteiger partial charge in [-0.15, -0.1) is 12.4 Å². The summed E-state index contributed by atoms with van der Waals surface area (Å²) in [4.78, 5) is 2.53. The Morgan fingerprint density at radius 3 is 2.86 bits per heavy atom. The molecule has 2 aliphatic rings. The number of halogens is 1. The fraction of sp³-hybridized carbons (Fsp3) is 1.00. The van der Waals surface area contributed by atoms with Crippen LogP contribution in [-0.4, -0.2) is 43.7 Å². The van der Waals surface area contributed by atoms with Gasteiger partial charge in [0.1, 0.15) is 0 Å². The Morgan fingerprint density at radius 1 is 1.50 bits per heavy atom. The molecule has 2 rings (SSSR count). The molecule has 3 nitrogen and oxygen atoms in total. The second-order valence-corrected chi connectivity index (χ2v) is 4.89. The fourth-order valence-electron chi connectivity index (χ4n) is 2.73. The van der Waals surface area contributed by atoms with Crippen molar-refractivity contribution in [3.05, 3.63) is 0 Å². The zero-order valence-corrected chi connectivity index (χ0v) is 9.78. The van der Waals surface area contributed by atoms with Gasteiger partial charge in [0, 0.05) is 25.7 Å². The quantitative estimate of drug-likeness (QED) is 0.709. The van der Waals surface area contributed by atoms with E-state index in [-0.39, 0.29) is 12.4 Å². The lowest BCUT2D eigenvalue weighted by Gasteiger charge is -2.23. The highest BCUT2D eigenvalue weighted by Crippen LogP contribution is 2.35. The Hall–Kier alpha value is 0.170. The molecular formula is C10H22ClN3. The number of hydrogen-bond acceptors (Lipinski definition) is 3. The number of nitrogens with one attached hydrogen (secondary N) is 1. The lowest BCUT2D eigenvalue weighted by Crippen LogP contribution is -2.36. The lowest BCUT2D eigenvalue weighted by molar-refractivity contribution is 0.265. The molecule has 2 aliphatic heterocycles. The highest BCUT2D eigenvalue weighted by molar-refractivity contribution is 5.85. The van der Waals surface area contributed by atoms with E-state index < -0.39 is 0 Å². The second kappa shape index (κ2) is 4.79. The maximum absolute atomic E-state index is 5.80. The van der Waals surface area contributed by atoms with Crippen molar-refractivity contribution in [2.45, 2.75) is 25.8 Å². The van der Waals surface area contributed by atoms with Gasteiger partial charge >= 0.3 is 0 Å². The Balaban J connectivity index is 0.000000980. The van der Waals surface area contributed by atoms with Crippen molar-refractivity contribution in [3.8, 4) is 0 Å². The topological polar surface area (TPSA) is 41.3 Å². The molecule has 0 aromatic rings. The van der Waals surface area contributed by atoms with Gasteiger partial charge in [-0.1, -0.05) is 0 Å². The van der Waals surface area contributed by atoms with Crippen LogP contribution in [-0.2, 0) is 0 Å². The first kappa shape index (κ1) is 12.2. The molecule has 0 saturated carbocycles. The summed E-state index contributed by atoms with van der Waals surface area (Å²) in [5, 5.41) is 3.47. The molecule has 14 heavy (non-hydrogen) atoms. The number of rotatable bonds is 2. The zero-order valence-electron chi connectivity index (χ0n) is 8.96. The van der Waals surface area contributed by atoms with E-state index >= 15 is 0 Å². The van der Waals surface area contributed by atoms with Gasteiger partial charge in [0.25, 0.3) is 0 Å². The van der Waals surface area contributed by atoms with Crippen LogP contribution in [0.5, 0.6) is 0 Å². The van der Waals surface area contributed by atoms with Crippen molar-refractivity contribution in [1.82, 2.24) is 10.2 Å². The van der Waals surface area contributed by atoms with Crippen LogP contribution < -0.4 is 11.1 Å². The van der Waals surface area contributed by atoms with Crippen molar-refractivity contribution in [1.29, 1.82) is 0 Å². The van der Waals surface area contributed by atoms with Crippen LogP contribution in [0.15, 0.2) is 0 Å². The minimum atomic E-state index is 0. The monoisotopic (exact) mass is 219 g/mol. The summed E-state index contributed by atoms with van der Waals surface area (Å²) in [6, 6.07) is 0.324. The molecule has 2 heterocycles. The number of nitrogens with two attached hydrogens (primary N) is 1. The molecule has 3 N–H and O–H groups in total. The van der Waals surface area contributed by atoms with E-state index in [1.54, 1.807) is 0 Å². The SMILES string of the molecule is CC(N)CN1CCC2(CCNC2)C1.Cl. The third kappa shape index (κ3) is 2.60. The summed E-state index contributed by atoms with van der Waals surface area (Å²) in [5.74, 6) is 0. The standard InChI is InChI=1S/C10H21N3.ClH/c1-9(11)6-13-5-3-10(8-13)2-4-12-7-10;/h9,12H,2-8,11H2,1H3;1H. The Morgan fingerprint density at radius 2 is 2.29 bits per heavy atom. The van der Waals surface area contributed by atoms with E-state index in [0.29, 0.717) is 11.5 Å². The van der Waals surface area contributed by atoms with Crippen molar-refractivity contribution in [2.24, 2.45) is 11.1 Å². The second-order valence-electron chi connectivity index (χ2n) is 4.89. The van der Waals surface area contributed by atoms with E-state index in [2.05, 4.69) is 17.1 Å². The molecule has 84 valence electrons. The summed E-state index contributed by atoms with van der Waals surface area (Å²) in [5.41, 5.74) is 6.41. The van der Waals surface area contributed by atoms with Gasteiger partial charge in [0.2, 0.25) is 0 Å². The fourth-order valence-corrected chi connectivity index (χ4v) is 2.73. The summed E-state index contributed by atoms with van der Waals surface area (Å²) < 4.78 is 0.